The number of nitrogens with one attached hydrogen (secondary N) is 1. The maximum atomic E-state index is 12.1. The fraction of sp³-hybridized carbons (Fsp3) is 0.167. The van der Waals surface area contributed by atoms with Gasteiger partial charge in [-0.25, -0.2) is 0 Å². The van der Waals surface area contributed by atoms with Gasteiger partial charge in [0.05, 0.1) is 0 Å². The quantitative estimate of drug-likeness (QED) is 0.608. The molecule has 3 aromatic rings. The summed E-state index contributed by atoms with van der Waals surface area (Å²) in [4.78, 5) is 14.9. The number of aliphatic hydroxyl groups is 1. The molecule has 2 N–H and O–H groups in total. The second-order valence-electron chi connectivity index (χ2n) is 5.48. The summed E-state index contributed by atoms with van der Waals surface area (Å²) in [5.74, 6) is -0.901. The van der Waals surface area contributed by atoms with Crippen molar-refractivity contribution >= 4 is 28.6 Å². The van der Waals surface area contributed by atoms with E-state index in [1.165, 1.54) is 23.5 Å². The summed E-state index contributed by atoms with van der Waals surface area (Å²) in [5, 5.41) is 14.8. The Labute approximate surface area is 160 Å². The molecule has 1 atom stereocenters. The Bertz CT molecular complexity index is 889. The maximum Gasteiger partial charge on any atom is 0.573 e. The lowest BCUT2D eigenvalue weighted by molar-refractivity contribution is -0.274. The molecule has 1 aromatic carbocycles. The third kappa shape index (κ3) is 5.31. The van der Waals surface area contributed by atoms with Crippen molar-refractivity contribution in [1.29, 1.82) is 0 Å². The number of benzene rings is 1. The standard InChI is InChI=1S/C18H14F3NO3S2/c19-18(20,21)25-12-5-3-11(4-6-12)17(24)22-10-13(23)14-7-8-16(27-14)15-2-1-9-26-15/h1-9,13,23H,10H2,(H,22,24)/t13-/m0/s1. The fourth-order valence-corrected chi connectivity index (χ4v) is 4.11. The predicted octanol–water partition coefficient (Wildman–Crippen LogP) is 4.84. The third-order valence-electron chi connectivity index (χ3n) is 3.53. The van der Waals surface area contributed by atoms with E-state index in [1.54, 1.807) is 17.4 Å². The molecule has 142 valence electrons. The second kappa shape index (κ2) is 8.12. The zero-order valence-corrected chi connectivity index (χ0v) is 15.3. The van der Waals surface area contributed by atoms with E-state index < -0.39 is 24.1 Å². The van der Waals surface area contributed by atoms with Crippen LogP contribution in [0.25, 0.3) is 9.75 Å². The minimum absolute atomic E-state index is 0.00989. The van der Waals surface area contributed by atoms with Gasteiger partial charge in [-0.15, -0.1) is 35.8 Å². The number of aliphatic hydroxyl groups excluding tert-OH is 1. The molecule has 27 heavy (non-hydrogen) atoms. The molecule has 0 saturated carbocycles. The normalized spacial score (nSPS) is 12.6. The van der Waals surface area contributed by atoms with E-state index in [0.717, 1.165) is 21.9 Å². The van der Waals surface area contributed by atoms with Crippen LogP contribution in [0.4, 0.5) is 13.2 Å². The number of ether oxygens (including phenoxy) is 1. The predicted molar refractivity (Wildman–Crippen MR) is 98.1 cm³/mol. The van der Waals surface area contributed by atoms with Gasteiger partial charge in [-0.1, -0.05) is 6.07 Å². The Hall–Kier alpha value is -2.36. The topological polar surface area (TPSA) is 58.6 Å². The van der Waals surface area contributed by atoms with Crippen LogP contribution in [-0.2, 0) is 0 Å². The van der Waals surface area contributed by atoms with Gasteiger partial charge in [-0.05, 0) is 47.8 Å². The molecule has 0 saturated heterocycles. The summed E-state index contributed by atoms with van der Waals surface area (Å²) in [6.07, 6.45) is -5.66. The van der Waals surface area contributed by atoms with E-state index in [-0.39, 0.29) is 12.1 Å². The lowest BCUT2D eigenvalue weighted by Gasteiger charge is -2.11. The zero-order chi connectivity index (χ0) is 19.4. The molecule has 2 aromatic heterocycles. The molecule has 3 rings (SSSR count). The monoisotopic (exact) mass is 413 g/mol. The van der Waals surface area contributed by atoms with E-state index in [9.17, 15) is 23.1 Å². The first-order valence-corrected chi connectivity index (χ1v) is 9.47. The largest absolute Gasteiger partial charge is 0.573 e. The average molecular weight is 413 g/mol. The molecule has 1 amide bonds. The molecule has 0 radical (unpaired) electrons. The van der Waals surface area contributed by atoms with Gasteiger partial charge in [0.15, 0.2) is 0 Å². The van der Waals surface area contributed by atoms with Crippen LogP contribution in [0.3, 0.4) is 0 Å². The first-order chi connectivity index (χ1) is 12.8. The number of thiophene rings is 2. The van der Waals surface area contributed by atoms with Crippen molar-refractivity contribution < 1.29 is 27.8 Å². The van der Waals surface area contributed by atoms with Crippen LogP contribution in [0, 0.1) is 0 Å². The molecule has 0 bridgehead atoms. The molecule has 0 aliphatic carbocycles. The molecule has 0 spiro atoms. The number of alkyl halides is 3. The minimum Gasteiger partial charge on any atom is -0.406 e. The first-order valence-electron chi connectivity index (χ1n) is 7.77. The van der Waals surface area contributed by atoms with Crippen LogP contribution in [0.15, 0.2) is 53.9 Å². The number of hydrogen-bond acceptors (Lipinski definition) is 5. The summed E-state index contributed by atoms with van der Waals surface area (Å²) in [7, 11) is 0. The summed E-state index contributed by atoms with van der Waals surface area (Å²) in [5.41, 5.74) is 0.169. The average Bonchev–Trinajstić information content (AvgIpc) is 3.29. The molecule has 0 aliphatic heterocycles. The third-order valence-corrected chi connectivity index (χ3v) is 5.78. The summed E-state index contributed by atoms with van der Waals surface area (Å²) >= 11 is 3.04. The van der Waals surface area contributed by atoms with Crippen molar-refractivity contribution in [2.24, 2.45) is 0 Å². The Morgan fingerprint density at radius 1 is 1.11 bits per heavy atom. The van der Waals surface area contributed by atoms with E-state index in [2.05, 4.69) is 10.1 Å². The minimum atomic E-state index is -4.78. The van der Waals surface area contributed by atoms with Gasteiger partial charge in [-0.2, -0.15) is 0 Å². The van der Waals surface area contributed by atoms with Crippen molar-refractivity contribution in [3.05, 3.63) is 64.4 Å². The molecule has 2 heterocycles. The molecule has 0 unspecified atom stereocenters. The van der Waals surface area contributed by atoms with Gasteiger partial charge < -0.3 is 15.2 Å². The molecule has 0 fully saturated rings. The highest BCUT2D eigenvalue weighted by Gasteiger charge is 2.31. The SMILES string of the molecule is O=C(NC[C@H](O)c1ccc(-c2cccs2)s1)c1ccc(OC(F)(F)F)cc1. The van der Waals surface area contributed by atoms with Gasteiger partial charge in [-0.3, -0.25) is 4.79 Å². The van der Waals surface area contributed by atoms with E-state index in [4.69, 9.17) is 0 Å². The van der Waals surface area contributed by atoms with Crippen molar-refractivity contribution in [3.8, 4) is 15.5 Å². The van der Waals surface area contributed by atoms with E-state index in [0.29, 0.717) is 4.88 Å². The van der Waals surface area contributed by atoms with Gasteiger partial charge >= 0.3 is 6.36 Å². The van der Waals surface area contributed by atoms with Gasteiger partial charge in [0.25, 0.3) is 5.91 Å². The van der Waals surface area contributed by atoms with Gasteiger partial charge in [0, 0.05) is 26.7 Å². The van der Waals surface area contributed by atoms with Crippen LogP contribution in [0.5, 0.6) is 5.75 Å². The number of carbonyl (C=O) groups excluding carboxylic acids is 1. The van der Waals surface area contributed by atoms with Crippen LogP contribution in [0.1, 0.15) is 21.3 Å². The highest BCUT2D eigenvalue weighted by molar-refractivity contribution is 7.21. The highest BCUT2D eigenvalue weighted by atomic mass is 32.1. The second-order valence-corrected chi connectivity index (χ2v) is 7.54. The fourth-order valence-electron chi connectivity index (χ4n) is 2.28. The van der Waals surface area contributed by atoms with E-state index in [1.807, 2.05) is 23.6 Å². The Kier molecular flexibility index (Phi) is 5.83. The summed E-state index contributed by atoms with van der Waals surface area (Å²) in [6.45, 7) is -0.00989. The number of rotatable bonds is 6. The Balaban J connectivity index is 1.55. The summed E-state index contributed by atoms with van der Waals surface area (Å²) in [6, 6.07) is 12.2. The number of hydrogen-bond donors (Lipinski definition) is 2. The highest BCUT2D eigenvalue weighted by Crippen LogP contribution is 2.33. The van der Waals surface area contributed by atoms with Crippen molar-refractivity contribution in [3.63, 3.8) is 0 Å². The Morgan fingerprint density at radius 3 is 2.48 bits per heavy atom. The molecule has 0 aliphatic rings. The zero-order valence-electron chi connectivity index (χ0n) is 13.7. The number of halogens is 3. The number of amides is 1. The smallest absolute Gasteiger partial charge is 0.406 e. The maximum absolute atomic E-state index is 12.1. The first kappa shape index (κ1) is 19.4. The molecule has 9 heteroatoms. The summed E-state index contributed by atoms with van der Waals surface area (Å²) < 4.78 is 40.2. The van der Waals surface area contributed by atoms with Crippen LogP contribution in [0.2, 0.25) is 0 Å². The number of carbonyl (C=O) groups is 1. The van der Waals surface area contributed by atoms with Crippen LogP contribution in [-0.4, -0.2) is 23.9 Å². The Morgan fingerprint density at radius 2 is 1.85 bits per heavy atom. The molecular formula is C18H14F3NO3S2. The van der Waals surface area contributed by atoms with Crippen molar-refractivity contribution in [1.82, 2.24) is 5.32 Å². The molecular weight excluding hydrogens is 399 g/mol. The van der Waals surface area contributed by atoms with Crippen LogP contribution >= 0.6 is 22.7 Å². The lowest BCUT2D eigenvalue weighted by Crippen LogP contribution is -2.28. The van der Waals surface area contributed by atoms with E-state index >= 15 is 0 Å². The lowest BCUT2D eigenvalue weighted by atomic mass is 10.2. The molecule has 4 nitrogen and oxygen atoms in total. The van der Waals surface area contributed by atoms with Crippen molar-refractivity contribution in [2.75, 3.05) is 6.54 Å². The van der Waals surface area contributed by atoms with Crippen molar-refractivity contribution in [2.45, 2.75) is 12.5 Å². The van der Waals surface area contributed by atoms with Gasteiger partial charge in [0.1, 0.15) is 11.9 Å². The van der Waals surface area contributed by atoms with Gasteiger partial charge in [0.2, 0.25) is 0 Å². The van der Waals surface area contributed by atoms with Crippen LogP contribution < -0.4 is 10.1 Å².